The van der Waals surface area contributed by atoms with Gasteiger partial charge in [-0.15, -0.1) is 0 Å². The molecule has 0 aliphatic heterocycles. The maximum Gasteiger partial charge on any atom is 0.290 e. The Morgan fingerprint density at radius 3 is 2.57 bits per heavy atom. The molecule has 3 aromatic rings. The third kappa shape index (κ3) is 3.95. The standard InChI is InChI=1S/C20H22N6O2/c1-13-11-22-19(20(28)23-13)25-15-6-5-14(10-15)24-17-8-7-16(12-21-17)26-9-3-2-4-18(26)27/h2-4,7-9,11-12,14-15H,5-6,10H2,1H3,(H,21,24)(H,22,25)(H,23,28)/t14-,15-/m0/s1. The first kappa shape index (κ1) is 18.0. The van der Waals surface area contributed by atoms with E-state index in [1.807, 2.05) is 18.2 Å². The summed E-state index contributed by atoms with van der Waals surface area (Å²) in [5.41, 5.74) is 1.19. The largest absolute Gasteiger partial charge is 0.367 e. The van der Waals surface area contributed by atoms with E-state index in [4.69, 9.17) is 0 Å². The summed E-state index contributed by atoms with van der Waals surface area (Å²) in [6.07, 6.45) is 7.85. The number of nitrogens with zero attached hydrogens (tertiary/aromatic N) is 3. The molecule has 0 bridgehead atoms. The summed E-state index contributed by atoms with van der Waals surface area (Å²) < 4.78 is 1.55. The topological polar surface area (TPSA) is 105 Å². The highest BCUT2D eigenvalue weighted by Gasteiger charge is 2.25. The summed E-state index contributed by atoms with van der Waals surface area (Å²) in [5, 5.41) is 6.66. The van der Waals surface area contributed by atoms with Gasteiger partial charge in [0.1, 0.15) is 5.82 Å². The number of pyridine rings is 2. The predicted octanol–water partition coefficient (Wildman–Crippen LogP) is 2.07. The zero-order valence-corrected chi connectivity index (χ0v) is 15.6. The summed E-state index contributed by atoms with van der Waals surface area (Å²) in [6.45, 7) is 1.81. The number of nitrogens with one attached hydrogen (secondary N) is 3. The third-order valence-electron chi connectivity index (χ3n) is 4.89. The van der Waals surface area contributed by atoms with Gasteiger partial charge in [-0.25, -0.2) is 9.97 Å². The van der Waals surface area contributed by atoms with Crippen LogP contribution in [0.15, 0.2) is 58.5 Å². The fourth-order valence-electron chi connectivity index (χ4n) is 3.49. The van der Waals surface area contributed by atoms with Crippen LogP contribution in [0.5, 0.6) is 0 Å². The molecule has 0 radical (unpaired) electrons. The molecule has 1 saturated carbocycles. The Labute approximate surface area is 161 Å². The molecule has 0 unspecified atom stereocenters. The monoisotopic (exact) mass is 378 g/mol. The summed E-state index contributed by atoms with van der Waals surface area (Å²) in [7, 11) is 0. The van der Waals surface area contributed by atoms with Gasteiger partial charge < -0.3 is 15.6 Å². The first-order chi connectivity index (χ1) is 13.6. The van der Waals surface area contributed by atoms with E-state index in [1.54, 1.807) is 36.1 Å². The summed E-state index contributed by atoms with van der Waals surface area (Å²) >= 11 is 0. The van der Waals surface area contributed by atoms with E-state index in [9.17, 15) is 9.59 Å². The van der Waals surface area contributed by atoms with Crippen molar-refractivity contribution in [2.24, 2.45) is 0 Å². The molecule has 0 spiro atoms. The third-order valence-corrected chi connectivity index (χ3v) is 4.89. The van der Waals surface area contributed by atoms with E-state index in [-0.39, 0.29) is 23.2 Å². The number of rotatable bonds is 5. The molecule has 28 heavy (non-hydrogen) atoms. The van der Waals surface area contributed by atoms with Crippen molar-refractivity contribution in [3.8, 4) is 5.69 Å². The van der Waals surface area contributed by atoms with Crippen LogP contribution in [0.1, 0.15) is 25.0 Å². The second kappa shape index (κ2) is 7.67. The van der Waals surface area contributed by atoms with Crippen LogP contribution in [0.4, 0.5) is 11.6 Å². The minimum absolute atomic E-state index is 0.0885. The number of hydrogen-bond acceptors (Lipinski definition) is 6. The molecular weight excluding hydrogens is 356 g/mol. The van der Waals surface area contributed by atoms with Crippen LogP contribution in [0.3, 0.4) is 0 Å². The van der Waals surface area contributed by atoms with Crippen molar-refractivity contribution in [2.75, 3.05) is 10.6 Å². The minimum atomic E-state index is -0.190. The lowest BCUT2D eigenvalue weighted by molar-refractivity contribution is 0.718. The molecule has 1 aliphatic rings. The van der Waals surface area contributed by atoms with Gasteiger partial charge in [-0.1, -0.05) is 6.07 Å². The zero-order chi connectivity index (χ0) is 19.5. The molecule has 0 aromatic carbocycles. The molecule has 144 valence electrons. The molecule has 1 aliphatic carbocycles. The Morgan fingerprint density at radius 2 is 1.86 bits per heavy atom. The molecule has 3 N–H and O–H groups in total. The smallest absolute Gasteiger partial charge is 0.290 e. The number of H-pyrrole nitrogens is 1. The highest BCUT2D eigenvalue weighted by Crippen LogP contribution is 2.24. The Kier molecular flexibility index (Phi) is 4.92. The van der Waals surface area contributed by atoms with Crippen molar-refractivity contribution in [3.05, 3.63) is 75.3 Å². The van der Waals surface area contributed by atoms with Gasteiger partial charge in [0.05, 0.1) is 11.9 Å². The van der Waals surface area contributed by atoms with E-state index >= 15 is 0 Å². The van der Waals surface area contributed by atoms with E-state index < -0.39 is 0 Å². The lowest BCUT2D eigenvalue weighted by atomic mass is 10.2. The highest BCUT2D eigenvalue weighted by molar-refractivity contribution is 5.42. The average molecular weight is 378 g/mol. The van der Waals surface area contributed by atoms with Crippen LogP contribution >= 0.6 is 0 Å². The van der Waals surface area contributed by atoms with Crippen molar-refractivity contribution < 1.29 is 0 Å². The molecule has 1 fully saturated rings. The summed E-state index contributed by atoms with van der Waals surface area (Å²) in [5.74, 6) is 1.14. The Bertz CT molecular complexity index is 1070. The van der Waals surface area contributed by atoms with Gasteiger partial charge in [0, 0.05) is 36.2 Å². The Morgan fingerprint density at radius 1 is 1.04 bits per heavy atom. The summed E-state index contributed by atoms with van der Waals surface area (Å²) in [4.78, 5) is 35.2. The number of anilines is 2. The fourth-order valence-corrected chi connectivity index (χ4v) is 3.49. The number of aromatic nitrogens is 4. The molecular formula is C20H22N6O2. The second-order valence-corrected chi connectivity index (χ2v) is 7.05. The Balaban J connectivity index is 1.37. The molecule has 2 atom stereocenters. The highest BCUT2D eigenvalue weighted by atomic mass is 16.1. The maximum absolute atomic E-state index is 11.9. The molecule has 8 nitrogen and oxygen atoms in total. The van der Waals surface area contributed by atoms with Gasteiger partial charge in [-0.05, 0) is 44.4 Å². The second-order valence-electron chi connectivity index (χ2n) is 7.05. The molecule has 4 rings (SSSR count). The van der Waals surface area contributed by atoms with E-state index in [0.29, 0.717) is 5.82 Å². The summed E-state index contributed by atoms with van der Waals surface area (Å²) in [6, 6.07) is 9.25. The fraction of sp³-hybridized carbons (Fsp3) is 0.300. The number of aryl methyl sites for hydroxylation is 1. The quantitative estimate of drug-likeness (QED) is 0.628. The van der Waals surface area contributed by atoms with E-state index in [1.165, 1.54) is 6.07 Å². The maximum atomic E-state index is 11.9. The normalized spacial score (nSPS) is 18.8. The number of hydrogen-bond donors (Lipinski definition) is 3. The van der Waals surface area contributed by atoms with Crippen molar-refractivity contribution in [3.63, 3.8) is 0 Å². The number of aromatic amines is 1. The average Bonchev–Trinajstić information content (AvgIpc) is 3.12. The first-order valence-corrected chi connectivity index (χ1v) is 9.31. The SMILES string of the molecule is Cc1cnc(N[C@H]2CC[C@H](Nc3ccc(-n4ccccc4=O)cn3)C2)c(=O)[nH]1. The van der Waals surface area contributed by atoms with Crippen LogP contribution in [-0.4, -0.2) is 31.6 Å². The molecule has 8 heteroatoms. The van der Waals surface area contributed by atoms with Crippen LogP contribution in [0.2, 0.25) is 0 Å². The van der Waals surface area contributed by atoms with E-state index in [0.717, 1.165) is 36.5 Å². The van der Waals surface area contributed by atoms with Gasteiger partial charge in [-0.2, -0.15) is 0 Å². The van der Waals surface area contributed by atoms with Gasteiger partial charge in [0.2, 0.25) is 0 Å². The van der Waals surface area contributed by atoms with Gasteiger partial charge in [0.25, 0.3) is 11.1 Å². The molecule has 3 heterocycles. The van der Waals surface area contributed by atoms with Crippen LogP contribution in [0.25, 0.3) is 5.69 Å². The van der Waals surface area contributed by atoms with E-state index in [2.05, 4.69) is 25.6 Å². The van der Waals surface area contributed by atoms with Crippen LogP contribution in [0, 0.1) is 6.92 Å². The minimum Gasteiger partial charge on any atom is -0.367 e. The zero-order valence-electron chi connectivity index (χ0n) is 15.6. The molecule has 0 saturated heterocycles. The van der Waals surface area contributed by atoms with Gasteiger partial charge >= 0.3 is 0 Å². The Hall–Kier alpha value is -3.42. The predicted molar refractivity (Wildman–Crippen MR) is 108 cm³/mol. The van der Waals surface area contributed by atoms with Gasteiger partial charge in [0.15, 0.2) is 5.82 Å². The molecule has 0 amide bonds. The first-order valence-electron chi connectivity index (χ1n) is 9.31. The molecule has 3 aromatic heterocycles. The van der Waals surface area contributed by atoms with Crippen molar-refractivity contribution in [2.45, 2.75) is 38.3 Å². The lowest BCUT2D eigenvalue weighted by Crippen LogP contribution is -2.25. The van der Waals surface area contributed by atoms with Crippen molar-refractivity contribution in [1.82, 2.24) is 19.5 Å². The van der Waals surface area contributed by atoms with Crippen molar-refractivity contribution >= 4 is 11.6 Å². The van der Waals surface area contributed by atoms with Gasteiger partial charge in [-0.3, -0.25) is 14.2 Å². The van der Waals surface area contributed by atoms with Crippen molar-refractivity contribution in [1.29, 1.82) is 0 Å². The lowest BCUT2D eigenvalue weighted by Gasteiger charge is -2.15. The van der Waals surface area contributed by atoms with Crippen LogP contribution in [-0.2, 0) is 0 Å². The van der Waals surface area contributed by atoms with Crippen LogP contribution < -0.4 is 21.8 Å².